The number of nitrogens with two attached hydrogens (primary N) is 1. The number of rotatable bonds is 5. The minimum Gasteiger partial charge on any atom is -0.384 e. The molecule has 0 radical (unpaired) electrons. The maximum atomic E-state index is 11.8. The van der Waals surface area contributed by atoms with Crippen LogP contribution in [0.1, 0.15) is 16.8 Å². The molecule has 0 aliphatic heterocycles. The van der Waals surface area contributed by atoms with Gasteiger partial charge in [0.2, 0.25) is 0 Å². The van der Waals surface area contributed by atoms with Gasteiger partial charge in [0.1, 0.15) is 5.82 Å². The van der Waals surface area contributed by atoms with Crippen molar-refractivity contribution in [1.82, 2.24) is 10.3 Å². The highest BCUT2D eigenvalue weighted by Gasteiger charge is 2.10. The van der Waals surface area contributed by atoms with Crippen molar-refractivity contribution in [3.05, 3.63) is 22.3 Å². The number of aromatic nitrogens is 1. The van der Waals surface area contributed by atoms with Gasteiger partial charge in [-0.3, -0.25) is 9.00 Å². The number of nitrogens with one attached hydrogen (secondary N) is 1. The zero-order chi connectivity index (χ0) is 12.8. The first-order chi connectivity index (χ1) is 8.00. The molecule has 94 valence electrons. The van der Waals surface area contributed by atoms with Crippen LogP contribution in [-0.4, -0.2) is 33.7 Å². The van der Waals surface area contributed by atoms with Gasteiger partial charge in [0, 0.05) is 40.0 Å². The van der Waals surface area contributed by atoms with Crippen molar-refractivity contribution in [2.45, 2.75) is 6.42 Å². The Morgan fingerprint density at radius 3 is 3.00 bits per heavy atom. The molecular weight excluding hydrogens is 306 g/mol. The van der Waals surface area contributed by atoms with Gasteiger partial charge in [-0.1, -0.05) is 0 Å². The summed E-state index contributed by atoms with van der Waals surface area (Å²) in [5, 5.41) is 2.74. The Balaban J connectivity index is 2.52. The number of amides is 1. The average molecular weight is 320 g/mol. The fraction of sp³-hybridized carbons (Fsp3) is 0.400. The second kappa shape index (κ2) is 6.70. The topological polar surface area (TPSA) is 85.1 Å². The predicted molar refractivity (Wildman–Crippen MR) is 72.2 cm³/mol. The molecule has 1 rings (SSSR count). The summed E-state index contributed by atoms with van der Waals surface area (Å²) in [6.45, 7) is 0.493. The molecule has 1 amide bonds. The Labute approximate surface area is 111 Å². The van der Waals surface area contributed by atoms with Gasteiger partial charge in [-0.25, -0.2) is 4.98 Å². The number of nitrogens with zero attached hydrogens (tertiary/aromatic N) is 1. The second-order valence-corrected chi connectivity index (χ2v) is 5.88. The van der Waals surface area contributed by atoms with E-state index in [1.54, 1.807) is 6.26 Å². The third-order valence-corrected chi connectivity index (χ3v) is 3.51. The highest BCUT2D eigenvalue weighted by atomic mass is 79.9. The lowest BCUT2D eigenvalue weighted by molar-refractivity contribution is 0.0953. The second-order valence-electron chi connectivity index (χ2n) is 3.48. The van der Waals surface area contributed by atoms with Crippen LogP contribution in [0.3, 0.4) is 0 Å². The fourth-order valence-electron chi connectivity index (χ4n) is 1.20. The molecule has 0 fully saturated rings. The third-order valence-electron chi connectivity index (χ3n) is 2.02. The van der Waals surface area contributed by atoms with E-state index in [-0.39, 0.29) is 5.91 Å². The molecule has 0 aliphatic rings. The van der Waals surface area contributed by atoms with E-state index in [0.29, 0.717) is 34.6 Å². The lowest BCUT2D eigenvalue weighted by atomic mass is 10.2. The summed E-state index contributed by atoms with van der Waals surface area (Å²) in [6, 6.07) is 1.51. The first-order valence-electron chi connectivity index (χ1n) is 5.00. The van der Waals surface area contributed by atoms with E-state index in [0.717, 1.165) is 0 Å². The molecule has 0 aliphatic carbocycles. The number of pyridine rings is 1. The monoisotopic (exact) mass is 319 g/mol. The van der Waals surface area contributed by atoms with Crippen LogP contribution in [-0.2, 0) is 10.8 Å². The Morgan fingerprint density at radius 2 is 2.35 bits per heavy atom. The Kier molecular flexibility index (Phi) is 5.57. The van der Waals surface area contributed by atoms with Crippen LogP contribution in [0.25, 0.3) is 0 Å². The Hall–Kier alpha value is -0.950. The zero-order valence-corrected chi connectivity index (χ0v) is 11.8. The molecule has 7 heteroatoms. The minimum absolute atomic E-state index is 0.215. The number of hydrogen-bond acceptors (Lipinski definition) is 4. The smallest absolute Gasteiger partial charge is 0.252 e. The Bertz CT molecular complexity index is 440. The molecule has 1 unspecified atom stereocenters. The number of carbonyl (C=O) groups excluding carboxylic acids is 1. The summed E-state index contributed by atoms with van der Waals surface area (Å²) in [5.41, 5.74) is 5.96. The van der Waals surface area contributed by atoms with E-state index in [4.69, 9.17) is 5.73 Å². The summed E-state index contributed by atoms with van der Waals surface area (Å²) in [4.78, 5) is 15.6. The van der Waals surface area contributed by atoms with Gasteiger partial charge >= 0.3 is 0 Å². The van der Waals surface area contributed by atoms with Crippen LogP contribution >= 0.6 is 15.9 Å². The number of hydrogen-bond donors (Lipinski definition) is 2. The molecule has 1 atom stereocenters. The van der Waals surface area contributed by atoms with E-state index in [9.17, 15) is 9.00 Å². The highest BCUT2D eigenvalue weighted by molar-refractivity contribution is 9.10. The van der Waals surface area contributed by atoms with Gasteiger partial charge < -0.3 is 11.1 Å². The molecule has 0 saturated heterocycles. The standard InChI is InChI=1S/C10H14BrN3O2S/c1-17(16)4-2-3-13-10(15)7-5-9(12)14-6-8(7)11/h5-6H,2-4H2,1H3,(H2,12,14)(H,13,15). The van der Waals surface area contributed by atoms with Gasteiger partial charge in [-0.15, -0.1) is 0 Å². The number of carbonyl (C=O) groups is 1. The zero-order valence-electron chi connectivity index (χ0n) is 9.40. The summed E-state index contributed by atoms with van der Waals surface area (Å²) in [7, 11) is -0.823. The highest BCUT2D eigenvalue weighted by Crippen LogP contribution is 2.16. The molecule has 1 aromatic heterocycles. The van der Waals surface area contributed by atoms with Crippen LogP contribution in [0.2, 0.25) is 0 Å². The number of anilines is 1. The minimum atomic E-state index is -0.823. The Morgan fingerprint density at radius 1 is 1.65 bits per heavy atom. The van der Waals surface area contributed by atoms with Crippen molar-refractivity contribution < 1.29 is 9.00 Å². The van der Waals surface area contributed by atoms with Crippen molar-refractivity contribution in [3.63, 3.8) is 0 Å². The van der Waals surface area contributed by atoms with E-state index in [1.807, 2.05) is 0 Å². The molecule has 0 saturated carbocycles. The third kappa shape index (κ3) is 4.82. The fourth-order valence-corrected chi connectivity index (χ4v) is 2.15. The van der Waals surface area contributed by atoms with Crippen molar-refractivity contribution in [2.75, 3.05) is 24.3 Å². The predicted octanol–water partition coefficient (Wildman–Crippen LogP) is 0.925. The van der Waals surface area contributed by atoms with Crippen molar-refractivity contribution in [1.29, 1.82) is 0 Å². The van der Waals surface area contributed by atoms with Crippen molar-refractivity contribution in [3.8, 4) is 0 Å². The lowest BCUT2D eigenvalue weighted by Gasteiger charge is -2.06. The van der Waals surface area contributed by atoms with E-state index in [2.05, 4.69) is 26.2 Å². The maximum absolute atomic E-state index is 11.8. The van der Waals surface area contributed by atoms with Crippen LogP contribution < -0.4 is 11.1 Å². The van der Waals surface area contributed by atoms with Gasteiger partial charge in [0.05, 0.1) is 5.56 Å². The number of nitrogen functional groups attached to an aromatic ring is 1. The molecule has 0 bridgehead atoms. The summed E-state index contributed by atoms with van der Waals surface area (Å²) < 4.78 is 11.4. The summed E-state index contributed by atoms with van der Waals surface area (Å²) in [6.07, 6.45) is 3.82. The van der Waals surface area contributed by atoms with Crippen LogP contribution in [0.15, 0.2) is 16.7 Å². The molecule has 5 nitrogen and oxygen atoms in total. The average Bonchev–Trinajstić information content (AvgIpc) is 2.27. The van der Waals surface area contributed by atoms with Crippen LogP contribution in [0.5, 0.6) is 0 Å². The summed E-state index contributed by atoms with van der Waals surface area (Å²) >= 11 is 3.24. The molecule has 1 heterocycles. The lowest BCUT2D eigenvalue weighted by Crippen LogP contribution is -2.26. The molecule has 0 aromatic carbocycles. The van der Waals surface area contributed by atoms with Gasteiger partial charge in [0.25, 0.3) is 5.91 Å². The summed E-state index contributed by atoms with van der Waals surface area (Å²) in [5.74, 6) is 0.667. The SMILES string of the molecule is CS(=O)CCCNC(=O)c1cc(N)ncc1Br. The van der Waals surface area contributed by atoms with E-state index < -0.39 is 10.8 Å². The number of halogens is 1. The maximum Gasteiger partial charge on any atom is 0.252 e. The quantitative estimate of drug-likeness (QED) is 0.790. The van der Waals surface area contributed by atoms with Crippen molar-refractivity contribution in [2.24, 2.45) is 0 Å². The molecular formula is C10H14BrN3O2S. The van der Waals surface area contributed by atoms with Gasteiger partial charge in [0.15, 0.2) is 0 Å². The molecule has 17 heavy (non-hydrogen) atoms. The van der Waals surface area contributed by atoms with Gasteiger partial charge in [-0.05, 0) is 28.4 Å². The van der Waals surface area contributed by atoms with E-state index in [1.165, 1.54) is 12.3 Å². The first-order valence-corrected chi connectivity index (χ1v) is 7.52. The normalized spacial score (nSPS) is 12.1. The van der Waals surface area contributed by atoms with Gasteiger partial charge in [-0.2, -0.15) is 0 Å². The largest absolute Gasteiger partial charge is 0.384 e. The van der Waals surface area contributed by atoms with Crippen LogP contribution in [0.4, 0.5) is 5.82 Å². The van der Waals surface area contributed by atoms with Crippen molar-refractivity contribution >= 4 is 38.5 Å². The first kappa shape index (κ1) is 14.1. The molecule has 0 spiro atoms. The molecule has 1 aromatic rings. The van der Waals surface area contributed by atoms with Crippen LogP contribution in [0, 0.1) is 0 Å². The van der Waals surface area contributed by atoms with E-state index >= 15 is 0 Å². The molecule has 3 N–H and O–H groups in total.